The van der Waals surface area contributed by atoms with Crippen LogP contribution < -0.4 is 24.4 Å². The molecule has 33 heavy (non-hydrogen) atoms. The van der Waals surface area contributed by atoms with Crippen LogP contribution in [-0.4, -0.2) is 23.9 Å². The molecule has 9 heteroatoms. The minimum Gasteiger partial charge on any atom is -0.463 e. The Morgan fingerprint density at radius 2 is 2.00 bits per heavy atom. The quantitative estimate of drug-likeness (QED) is 0.534. The topological polar surface area (TPSA) is 79.1 Å². The van der Waals surface area contributed by atoms with Crippen LogP contribution in [0, 0.1) is 0 Å². The van der Waals surface area contributed by atoms with Crippen LogP contribution in [0.3, 0.4) is 0 Å². The van der Waals surface area contributed by atoms with Crippen LogP contribution in [0.25, 0.3) is 6.08 Å². The maximum atomic E-state index is 13.6. The third kappa shape index (κ3) is 3.75. The molecule has 7 nitrogen and oxygen atoms in total. The zero-order chi connectivity index (χ0) is 23.1. The number of esters is 1. The highest BCUT2D eigenvalue weighted by molar-refractivity contribution is 7.07. The number of halogens is 1. The summed E-state index contributed by atoms with van der Waals surface area (Å²) in [5, 5.41) is 0.438. The number of benzene rings is 2. The highest BCUT2D eigenvalue weighted by Crippen LogP contribution is 2.37. The van der Waals surface area contributed by atoms with Gasteiger partial charge in [-0.05, 0) is 37.1 Å². The van der Waals surface area contributed by atoms with Gasteiger partial charge in [0.05, 0.1) is 33.5 Å². The van der Waals surface area contributed by atoms with Crippen molar-refractivity contribution in [3.05, 3.63) is 89.6 Å². The molecule has 0 radical (unpaired) electrons. The number of rotatable bonds is 4. The van der Waals surface area contributed by atoms with Gasteiger partial charge < -0.3 is 14.2 Å². The van der Waals surface area contributed by atoms with Gasteiger partial charge in [-0.2, -0.15) is 0 Å². The number of allylic oxidation sites excluding steroid dienone is 1. The molecule has 0 saturated heterocycles. The van der Waals surface area contributed by atoms with Crippen LogP contribution in [0.4, 0.5) is 0 Å². The highest BCUT2D eigenvalue weighted by atomic mass is 35.5. The fraction of sp³-hybridized carbons (Fsp3) is 0.208. The van der Waals surface area contributed by atoms with E-state index in [9.17, 15) is 9.59 Å². The lowest BCUT2D eigenvalue weighted by Crippen LogP contribution is -2.39. The molecule has 0 amide bonds. The standard InChI is InChI=1S/C24H19ClN2O5S/c1-3-30-23(29)20-13(2)26-24-27(21(20)14-7-5-4-6-8-14)22(28)19(33-24)10-15-9-17-18(11-16(15)25)32-12-31-17/h4-11,21H,3,12H2,1-2H3/t21-/m1/s1. The van der Waals surface area contributed by atoms with Crippen LogP contribution in [0.5, 0.6) is 11.5 Å². The van der Waals surface area contributed by atoms with E-state index in [2.05, 4.69) is 4.99 Å². The minimum atomic E-state index is -0.643. The molecule has 0 fully saturated rings. The van der Waals surface area contributed by atoms with Gasteiger partial charge in [0, 0.05) is 6.07 Å². The molecule has 2 aromatic carbocycles. The summed E-state index contributed by atoms with van der Waals surface area (Å²) in [6, 6.07) is 12.2. The van der Waals surface area contributed by atoms with E-state index < -0.39 is 12.0 Å². The maximum absolute atomic E-state index is 13.6. The summed E-state index contributed by atoms with van der Waals surface area (Å²) in [6.45, 7) is 3.86. The number of fused-ring (bicyclic) bond motifs is 2. The molecule has 0 N–H and O–H groups in total. The van der Waals surface area contributed by atoms with Crippen LogP contribution >= 0.6 is 22.9 Å². The van der Waals surface area contributed by atoms with Crippen molar-refractivity contribution < 1.29 is 19.0 Å². The molecule has 0 spiro atoms. The van der Waals surface area contributed by atoms with Crippen molar-refractivity contribution in [2.24, 2.45) is 4.99 Å². The lowest BCUT2D eigenvalue weighted by molar-refractivity contribution is -0.139. The molecule has 2 aliphatic heterocycles. The molecular weight excluding hydrogens is 464 g/mol. The summed E-state index contributed by atoms with van der Waals surface area (Å²) >= 11 is 7.66. The summed E-state index contributed by atoms with van der Waals surface area (Å²) in [4.78, 5) is 31.5. The fourth-order valence-corrected chi connectivity index (χ4v) is 5.17. The molecular formula is C24H19ClN2O5S. The number of nitrogens with zero attached hydrogens (tertiary/aromatic N) is 2. The van der Waals surface area contributed by atoms with Crippen LogP contribution in [0.2, 0.25) is 5.02 Å². The van der Waals surface area contributed by atoms with Crippen molar-refractivity contribution in [1.82, 2.24) is 4.57 Å². The zero-order valence-corrected chi connectivity index (χ0v) is 19.4. The summed E-state index contributed by atoms with van der Waals surface area (Å²) in [6.07, 6.45) is 1.71. The Hall–Kier alpha value is -3.36. The van der Waals surface area contributed by atoms with Crippen molar-refractivity contribution >= 4 is 35.0 Å². The average Bonchev–Trinajstić information content (AvgIpc) is 3.37. The van der Waals surface area contributed by atoms with Gasteiger partial charge in [-0.3, -0.25) is 9.36 Å². The van der Waals surface area contributed by atoms with Gasteiger partial charge in [0.25, 0.3) is 5.56 Å². The fourth-order valence-electron chi connectivity index (χ4n) is 3.93. The predicted molar refractivity (Wildman–Crippen MR) is 124 cm³/mol. The van der Waals surface area contributed by atoms with Gasteiger partial charge in [0.15, 0.2) is 16.3 Å². The Morgan fingerprint density at radius 3 is 2.73 bits per heavy atom. The first-order valence-electron chi connectivity index (χ1n) is 10.3. The molecule has 1 aromatic heterocycles. The third-order valence-electron chi connectivity index (χ3n) is 5.41. The molecule has 2 aliphatic rings. The van der Waals surface area contributed by atoms with Crippen molar-refractivity contribution in [3.8, 4) is 11.5 Å². The summed E-state index contributed by atoms with van der Waals surface area (Å²) < 4.78 is 18.1. The van der Waals surface area contributed by atoms with E-state index in [1.807, 2.05) is 30.3 Å². The van der Waals surface area contributed by atoms with Gasteiger partial charge >= 0.3 is 5.97 Å². The molecule has 0 unspecified atom stereocenters. The second-order valence-electron chi connectivity index (χ2n) is 7.44. The summed E-state index contributed by atoms with van der Waals surface area (Å²) in [7, 11) is 0. The van der Waals surface area contributed by atoms with E-state index >= 15 is 0 Å². The number of carbonyl (C=O) groups is 1. The first-order valence-corrected chi connectivity index (χ1v) is 11.5. The minimum absolute atomic E-state index is 0.129. The third-order valence-corrected chi connectivity index (χ3v) is 6.72. The normalized spacial score (nSPS) is 17.1. The van der Waals surface area contributed by atoms with Crippen LogP contribution in [-0.2, 0) is 9.53 Å². The molecule has 0 aliphatic carbocycles. The predicted octanol–water partition coefficient (Wildman–Crippen LogP) is 3.18. The molecule has 0 saturated carbocycles. The Kier molecular flexibility index (Phi) is 5.55. The van der Waals surface area contributed by atoms with Crippen molar-refractivity contribution in [1.29, 1.82) is 0 Å². The SMILES string of the molecule is CCOC(=O)C1=C(C)N=c2sc(=Cc3cc4c(cc3Cl)OCO4)c(=O)n2[C@@H]1c1ccccc1. The van der Waals surface area contributed by atoms with E-state index in [1.165, 1.54) is 11.3 Å². The van der Waals surface area contributed by atoms with E-state index in [0.29, 0.717) is 42.7 Å². The van der Waals surface area contributed by atoms with Gasteiger partial charge in [0.1, 0.15) is 0 Å². The number of hydrogen-bond donors (Lipinski definition) is 0. The monoisotopic (exact) mass is 482 g/mol. The Labute approximate surface area is 197 Å². The number of carbonyl (C=O) groups excluding carboxylic acids is 1. The van der Waals surface area contributed by atoms with E-state index in [0.717, 1.165) is 5.56 Å². The summed E-state index contributed by atoms with van der Waals surface area (Å²) in [5.41, 5.74) is 2.03. The second kappa shape index (κ2) is 8.53. The molecule has 3 heterocycles. The first-order chi connectivity index (χ1) is 16.0. The van der Waals surface area contributed by atoms with Crippen molar-refractivity contribution in [3.63, 3.8) is 0 Å². The summed E-state index contributed by atoms with van der Waals surface area (Å²) in [5.74, 6) is 0.652. The van der Waals surface area contributed by atoms with E-state index in [4.69, 9.17) is 25.8 Å². The zero-order valence-electron chi connectivity index (χ0n) is 17.8. The second-order valence-corrected chi connectivity index (χ2v) is 8.86. The Bertz CT molecular complexity index is 1470. The van der Waals surface area contributed by atoms with Crippen molar-refractivity contribution in [2.75, 3.05) is 13.4 Å². The van der Waals surface area contributed by atoms with Crippen molar-refractivity contribution in [2.45, 2.75) is 19.9 Å². The van der Waals surface area contributed by atoms with Gasteiger partial charge in [-0.15, -0.1) is 0 Å². The van der Waals surface area contributed by atoms with E-state index in [-0.39, 0.29) is 19.0 Å². The van der Waals surface area contributed by atoms with Gasteiger partial charge in [-0.25, -0.2) is 9.79 Å². The first kappa shape index (κ1) is 21.5. The Balaban J connectivity index is 1.71. The molecule has 1 atom stereocenters. The molecule has 3 aromatic rings. The van der Waals surface area contributed by atoms with Gasteiger partial charge in [0.2, 0.25) is 6.79 Å². The molecule has 0 bridgehead atoms. The number of thiazole rings is 1. The maximum Gasteiger partial charge on any atom is 0.338 e. The largest absolute Gasteiger partial charge is 0.463 e. The Morgan fingerprint density at radius 1 is 1.27 bits per heavy atom. The number of aromatic nitrogens is 1. The highest BCUT2D eigenvalue weighted by Gasteiger charge is 2.33. The lowest BCUT2D eigenvalue weighted by atomic mass is 9.96. The molecule has 168 valence electrons. The number of hydrogen-bond acceptors (Lipinski definition) is 7. The van der Waals surface area contributed by atoms with Crippen LogP contribution in [0.1, 0.15) is 31.0 Å². The van der Waals surface area contributed by atoms with Crippen LogP contribution in [0.15, 0.2) is 63.5 Å². The number of ether oxygens (including phenoxy) is 3. The van der Waals surface area contributed by atoms with E-state index in [1.54, 1.807) is 36.6 Å². The van der Waals surface area contributed by atoms with Gasteiger partial charge in [-0.1, -0.05) is 53.3 Å². The average molecular weight is 483 g/mol. The lowest BCUT2D eigenvalue weighted by Gasteiger charge is -2.24. The smallest absolute Gasteiger partial charge is 0.338 e. The molecule has 5 rings (SSSR count).